The number of rotatable bonds is 5. The number of ether oxygens (including phenoxy) is 2. The zero-order valence-corrected chi connectivity index (χ0v) is 10.2. The lowest BCUT2D eigenvalue weighted by atomic mass is 9.91. The van der Waals surface area contributed by atoms with Gasteiger partial charge in [-0.25, -0.2) is 4.79 Å². The highest BCUT2D eigenvalue weighted by Gasteiger charge is 2.57. The van der Waals surface area contributed by atoms with Crippen LogP contribution >= 0.6 is 0 Å². The van der Waals surface area contributed by atoms with Crippen LogP contribution in [0.25, 0.3) is 0 Å². The highest BCUT2D eigenvalue weighted by atomic mass is 16.7. The molecular formula is C10H18O9. The summed E-state index contributed by atoms with van der Waals surface area (Å²) in [6.07, 6.45) is -8.24. The minimum Gasteiger partial charge on any atom is -0.477 e. The van der Waals surface area contributed by atoms with Gasteiger partial charge in [0.15, 0.2) is 0 Å². The Morgan fingerprint density at radius 2 is 2.05 bits per heavy atom. The van der Waals surface area contributed by atoms with Crippen LogP contribution in [0.3, 0.4) is 0 Å². The van der Waals surface area contributed by atoms with Crippen molar-refractivity contribution in [1.29, 1.82) is 0 Å². The second kappa shape index (κ2) is 6.09. The first-order chi connectivity index (χ1) is 8.80. The first-order valence-electron chi connectivity index (χ1n) is 5.59. The van der Waals surface area contributed by atoms with E-state index in [0.717, 1.165) is 7.11 Å². The van der Waals surface area contributed by atoms with Crippen LogP contribution in [0.5, 0.6) is 0 Å². The lowest BCUT2D eigenvalue weighted by Crippen LogP contribution is -2.65. The predicted molar refractivity (Wildman–Crippen MR) is 58.0 cm³/mol. The van der Waals surface area contributed by atoms with Crippen molar-refractivity contribution in [3.05, 3.63) is 0 Å². The highest BCUT2D eigenvalue weighted by Crippen LogP contribution is 2.32. The molecule has 0 aromatic rings. The van der Waals surface area contributed by atoms with Crippen molar-refractivity contribution in [1.82, 2.24) is 0 Å². The van der Waals surface area contributed by atoms with E-state index < -0.39 is 48.9 Å². The van der Waals surface area contributed by atoms with Crippen molar-refractivity contribution in [2.24, 2.45) is 0 Å². The molecule has 112 valence electrons. The summed E-state index contributed by atoms with van der Waals surface area (Å²) in [5.74, 6) is -4.23. The molecule has 0 amide bonds. The number of aliphatic carboxylic acids is 1. The molecular weight excluding hydrogens is 264 g/mol. The van der Waals surface area contributed by atoms with Crippen molar-refractivity contribution in [2.45, 2.75) is 42.7 Å². The Morgan fingerprint density at radius 3 is 2.47 bits per heavy atom. The number of aliphatic hydroxyl groups excluding tert-OH is 5. The summed E-state index contributed by atoms with van der Waals surface area (Å²) in [5.41, 5.74) is 0. The van der Waals surface area contributed by atoms with Crippen LogP contribution in [-0.4, -0.2) is 86.6 Å². The van der Waals surface area contributed by atoms with Gasteiger partial charge in [0.1, 0.15) is 18.3 Å². The van der Waals surface area contributed by atoms with Gasteiger partial charge in [-0.05, 0) is 0 Å². The molecule has 9 heteroatoms. The van der Waals surface area contributed by atoms with Crippen LogP contribution in [0.1, 0.15) is 6.42 Å². The third-order valence-corrected chi connectivity index (χ3v) is 3.12. The van der Waals surface area contributed by atoms with Crippen molar-refractivity contribution in [2.75, 3.05) is 13.7 Å². The maximum atomic E-state index is 11.2. The van der Waals surface area contributed by atoms with Gasteiger partial charge in [0, 0.05) is 13.5 Å². The number of methoxy groups -OCH3 is 1. The number of carboxylic acid groups (broad SMARTS) is 1. The van der Waals surface area contributed by atoms with E-state index in [4.69, 9.17) is 14.9 Å². The van der Waals surface area contributed by atoms with Gasteiger partial charge >= 0.3 is 5.97 Å². The van der Waals surface area contributed by atoms with Gasteiger partial charge in [0.2, 0.25) is 0 Å². The minimum atomic E-state index is -2.54. The van der Waals surface area contributed by atoms with Crippen molar-refractivity contribution in [3.8, 4) is 0 Å². The number of hydrogen-bond donors (Lipinski definition) is 6. The Balaban J connectivity index is 2.98. The summed E-state index contributed by atoms with van der Waals surface area (Å²) in [6.45, 7) is -0.771. The Bertz CT molecular complexity index is 322. The summed E-state index contributed by atoms with van der Waals surface area (Å²) < 4.78 is 9.63. The molecule has 0 radical (unpaired) electrons. The zero-order valence-electron chi connectivity index (χ0n) is 10.2. The summed E-state index contributed by atoms with van der Waals surface area (Å²) in [4.78, 5) is 11.2. The van der Waals surface area contributed by atoms with Gasteiger partial charge in [-0.15, -0.1) is 0 Å². The lowest BCUT2D eigenvalue weighted by Gasteiger charge is -2.44. The van der Waals surface area contributed by atoms with Crippen molar-refractivity contribution < 1.29 is 44.9 Å². The minimum absolute atomic E-state index is 0.322. The fourth-order valence-electron chi connectivity index (χ4n) is 1.96. The fraction of sp³-hybridized carbons (Fsp3) is 0.900. The van der Waals surface area contributed by atoms with Gasteiger partial charge in [-0.2, -0.15) is 0 Å². The summed E-state index contributed by atoms with van der Waals surface area (Å²) in [6, 6.07) is 0. The van der Waals surface area contributed by atoms with Crippen LogP contribution < -0.4 is 0 Å². The maximum absolute atomic E-state index is 11.2. The quantitative estimate of drug-likeness (QED) is 0.303. The molecule has 6 atom stereocenters. The highest BCUT2D eigenvalue weighted by molar-refractivity contribution is 5.77. The van der Waals surface area contributed by atoms with Gasteiger partial charge in [-0.3, -0.25) is 0 Å². The second-order valence-corrected chi connectivity index (χ2v) is 4.32. The molecule has 1 saturated heterocycles. The molecule has 0 aliphatic carbocycles. The lowest BCUT2D eigenvalue weighted by molar-refractivity contribution is -0.334. The van der Waals surface area contributed by atoms with Crippen LogP contribution in [-0.2, 0) is 14.3 Å². The molecule has 0 bridgehead atoms. The predicted octanol–water partition coefficient (Wildman–Crippen LogP) is -3.36. The standard InChI is InChI=1S/C10H18O9/c1-18-10(9(16)17)8(15)4(12)2-6(19-10)7(14)5(13)3-11/h4-8,11-15H,2-3H2,1H3,(H,16,17)/t4-,5-,6+,7+,8+,10-/m0/s1. The average Bonchev–Trinajstić information content (AvgIpc) is 2.39. The van der Waals surface area contributed by atoms with Gasteiger partial charge in [0.05, 0.1) is 18.8 Å². The number of hydrogen-bond acceptors (Lipinski definition) is 8. The van der Waals surface area contributed by atoms with E-state index in [-0.39, 0.29) is 6.42 Å². The zero-order chi connectivity index (χ0) is 14.8. The molecule has 1 aliphatic rings. The van der Waals surface area contributed by atoms with E-state index in [1.165, 1.54) is 0 Å². The summed E-state index contributed by atoms with van der Waals surface area (Å²) in [7, 11) is 0.960. The van der Waals surface area contributed by atoms with E-state index >= 15 is 0 Å². The van der Waals surface area contributed by atoms with E-state index in [9.17, 15) is 25.2 Å². The first-order valence-corrected chi connectivity index (χ1v) is 5.59. The van der Waals surface area contributed by atoms with Crippen LogP contribution in [0.4, 0.5) is 0 Å². The Morgan fingerprint density at radius 1 is 1.47 bits per heavy atom. The molecule has 0 aromatic heterocycles. The number of aliphatic hydroxyl groups is 5. The van der Waals surface area contributed by atoms with E-state index in [1.54, 1.807) is 0 Å². The van der Waals surface area contributed by atoms with Crippen LogP contribution in [0, 0.1) is 0 Å². The van der Waals surface area contributed by atoms with E-state index in [2.05, 4.69) is 4.74 Å². The third kappa shape index (κ3) is 2.87. The van der Waals surface area contributed by atoms with E-state index in [0.29, 0.717) is 0 Å². The van der Waals surface area contributed by atoms with Crippen LogP contribution in [0.2, 0.25) is 0 Å². The SMILES string of the molecule is CO[C@]1(C(=O)O)O[C@@H]([C@H](O)[C@@H](O)CO)C[C@H](O)[C@H]1O. The number of carboxylic acids is 1. The molecule has 1 aliphatic heterocycles. The van der Waals surface area contributed by atoms with Crippen LogP contribution in [0.15, 0.2) is 0 Å². The second-order valence-electron chi connectivity index (χ2n) is 4.32. The van der Waals surface area contributed by atoms with Gasteiger partial charge in [0.25, 0.3) is 5.79 Å². The normalized spacial score (nSPS) is 38.7. The maximum Gasteiger partial charge on any atom is 0.367 e. The average molecular weight is 282 g/mol. The first kappa shape index (κ1) is 16.2. The third-order valence-electron chi connectivity index (χ3n) is 3.12. The molecule has 1 fully saturated rings. The largest absolute Gasteiger partial charge is 0.477 e. The Labute approximate surface area is 108 Å². The van der Waals surface area contributed by atoms with E-state index in [1.807, 2.05) is 0 Å². The molecule has 6 N–H and O–H groups in total. The van der Waals surface area contributed by atoms with Gasteiger partial charge < -0.3 is 40.1 Å². The molecule has 0 saturated carbocycles. The molecule has 1 rings (SSSR count). The molecule has 0 aromatic carbocycles. The smallest absolute Gasteiger partial charge is 0.367 e. The number of carbonyl (C=O) groups is 1. The molecule has 19 heavy (non-hydrogen) atoms. The van der Waals surface area contributed by atoms with Gasteiger partial charge in [-0.1, -0.05) is 0 Å². The topological polar surface area (TPSA) is 157 Å². The van der Waals surface area contributed by atoms with Crippen molar-refractivity contribution in [3.63, 3.8) is 0 Å². The Hall–Kier alpha value is -0.810. The molecule has 0 spiro atoms. The monoisotopic (exact) mass is 282 g/mol. The van der Waals surface area contributed by atoms with Crippen molar-refractivity contribution >= 4 is 5.97 Å². The molecule has 9 nitrogen and oxygen atoms in total. The molecule has 1 heterocycles. The molecule has 0 unspecified atom stereocenters. The summed E-state index contributed by atoms with van der Waals surface area (Å²) >= 11 is 0. The summed E-state index contributed by atoms with van der Waals surface area (Å²) in [5, 5.41) is 56.1. The fourth-order valence-corrected chi connectivity index (χ4v) is 1.96. The Kier molecular flexibility index (Phi) is 5.21.